The molecule has 0 bridgehead atoms. The molecule has 0 saturated heterocycles. The van der Waals surface area contributed by atoms with Gasteiger partial charge in [-0.2, -0.15) is 0 Å². The number of aryl methyl sites for hydroxylation is 1. The van der Waals surface area contributed by atoms with Crippen molar-refractivity contribution >= 4 is 11.0 Å². The molecule has 3 aromatic rings. The van der Waals surface area contributed by atoms with Crippen molar-refractivity contribution < 1.29 is 9.15 Å². The Hall–Kier alpha value is -2.26. The van der Waals surface area contributed by atoms with Crippen LogP contribution in [0.3, 0.4) is 0 Å². The van der Waals surface area contributed by atoms with Crippen molar-refractivity contribution in [2.75, 3.05) is 0 Å². The minimum atomic E-state index is 0.412. The highest BCUT2D eigenvalue weighted by Crippen LogP contribution is 2.30. The van der Waals surface area contributed by atoms with Crippen LogP contribution in [0.15, 0.2) is 52.9 Å². The van der Waals surface area contributed by atoms with Crippen molar-refractivity contribution in [2.45, 2.75) is 13.5 Å². The van der Waals surface area contributed by atoms with Crippen molar-refractivity contribution in [2.24, 2.45) is 5.73 Å². The van der Waals surface area contributed by atoms with E-state index in [0.29, 0.717) is 6.54 Å². The normalized spacial score (nSPS) is 10.8. The molecular weight excluding hydrogens is 238 g/mol. The number of rotatable bonds is 3. The number of para-hydroxylation sites is 1. The smallest absolute Gasteiger partial charge is 0.134 e. The number of hydrogen-bond acceptors (Lipinski definition) is 3. The molecule has 0 amide bonds. The van der Waals surface area contributed by atoms with Crippen LogP contribution in [0.1, 0.15) is 11.3 Å². The highest BCUT2D eigenvalue weighted by molar-refractivity contribution is 5.83. The third kappa shape index (κ3) is 2.20. The van der Waals surface area contributed by atoms with Crippen LogP contribution in [0.25, 0.3) is 11.0 Å². The zero-order valence-corrected chi connectivity index (χ0v) is 10.7. The molecule has 0 fully saturated rings. The quantitative estimate of drug-likeness (QED) is 0.767. The van der Waals surface area contributed by atoms with E-state index in [9.17, 15) is 0 Å². The highest BCUT2D eigenvalue weighted by atomic mass is 16.5. The molecule has 2 N–H and O–H groups in total. The van der Waals surface area contributed by atoms with E-state index in [1.807, 2.05) is 55.5 Å². The molecule has 1 heterocycles. The first-order valence-electron chi connectivity index (χ1n) is 6.23. The van der Waals surface area contributed by atoms with E-state index in [1.54, 1.807) is 0 Å². The van der Waals surface area contributed by atoms with Gasteiger partial charge in [0.1, 0.15) is 22.8 Å². The van der Waals surface area contributed by atoms with Crippen LogP contribution in [0, 0.1) is 6.92 Å². The van der Waals surface area contributed by atoms with Gasteiger partial charge in [-0.1, -0.05) is 18.2 Å². The molecular formula is C16H15NO2. The molecule has 0 aliphatic heterocycles. The Morgan fingerprint density at radius 2 is 1.84 bits per heavy atom. The summed E-state index contributed by atoms with van der Waals surface area (Å²) in [6, 6.07) is 15.5. The summed E-state index contributed by atoms with van der Waals surface area (Å²) in [5.74, 6) is 2.44. The monoisotopic (exact) mass is 253 g/mol. The second kappa shape index (κ2) is 4.78. The van der Waals surface area contributed by atoms with E-state index < -0.39 is 0 Å². The third-order valence-corrected chi connectivity index (χ3v) is 3.17. The topological polar surface area (TPSA) is 48.4 Å². The maximum absolute atomic E-state index is 5.81. The second-order valence-corrected chi connectivity index (χ2v) is 4.43. The molecule has 19 heavy (non-hydrogen) atoms. The van der Waals surface area contributed by atoms with Crippen LogP contribution in [0.2, 0.25) is 0 Å². The minimum Gasteiger partial charge on any atom is -0.459 e. The van der Waals surface area contributed by atoms with Crippen LogP contribution < -0.4 is 10.5 Å². The Kier molecular flexibility index (Phi) is 2.97. The van der Waals surface area contributed by atoms with Crippen molar-refractivity contribution in [1.82, 2.24) is 0 Å². The van der Waals surface area contributed by atoms with Crippen LogP contribution in [0.5, 0.6) is 11.5 Å². The van der Waals surface area contributed by atoms with Gasteiger partial charge >= 0.3 is 0 Å². The molecule has 0 atom stereocenters. The molecule has 2 aromatic carbocycles. The zero-order valence-electron chi connectivity index (χ0n) is 10.7. The molecule has 0 radical (unpaired) electrons. The average Bonchev–Trinajstić information content (AvgIpc) is 2.77. The van der Waals surface area contributed by atoms with Crippen molar-refractivity contribution in [3.05, 3.63) is 59.9 Å². The summed E-state index contributed by atoms with van der Waals surface area (Å²) in [4.78, 5) is 0. The maximum Gasteiger partial charge on any atom is 0.134 e. The molecule has 0 unspecified atom stereocenters. The van der Waals surface area contributed by atoms with E-state index >= 15 is 0 Å². The first kappa shape index (κ1) is 11.8. The summed E-state index contributed by atoms with van der Waals surface area (Å²) in [6.45, 7) is 2.43. The molecule has 3 heteroatoms. The first-order chi connectivity index (χ1) is 9.28. The number of fused-ring (bicyclic) bond motifs is 1. The van der Waals surface area contributed by atoms with E-state index in [-0.39, 0.29) is 0 Å². The summed E-state index contributed by atoms with van der Waals surface area (Å²) in [7, 11) is 0. The SMILES string of the molecule is Cc1c(CN)oc2ccc(Oc3ccccc3)cc12. The first-order valence-corrected chi connectivity index (χ1v) is 6.23. The lowest BCUT2D eigenvalue weighted by Crippen LogP contribution is -1.95. The predicted octanol–water partition coefficient (Wildman–Crippen LogP) is 3.99. The lowest BCUT2D eigenvalue weighted by Gasteiger charge is -2.05. The standard InChI is InChI=1S/C16H15NO2/c1-11-14-9-13(18-12-5-3-2-4-6-12)7-8-15(14)19-16(11)10-17/h2-9H,10,17H2,1H3. The Labute approximate surface area is 111 Å². The van der Waals surface area contributed by atoms with Crippen LogP contribution in [-0.2, 0) is 6.54 Å². The van der Waals surface area contributed by atoms with Gasteiger partial charge in [0, 0.05) is 5.39 Å². The second-order valence-electron chi connectivity index (χ2n) is 4.43. The van der Waals surface area contributed by atoms with Gasteiger partial charge in [-0.05, 0) is 42.8 Å². The molecule has 0 aliphatic carbocycles. The fraction of sp³-hybridized carbons (Fsp3) is 0.125. The zero-order chi connectivity index (χ0) is 13.2. The molecule has 0 saturated carbocycles. The lowest BCUT2D eigenvalue weighted by atomic mass is 10.1. The van der Waals surface area contributed by atoms with Gasteiger partial charge in [-0.15, -0.1) is 0 Å². The van der Waals surface area contributed by atoms with Gasteiger partial charge in [0.2, 0.25) is 0 Å². The Balaban J connectivity index is 1.99. The number of nitrogens with two attached hydrogens (primary N) is 1. The van der Waals surface area contributed by atoms with Gasteiger partial charge in [-0.3, -0.25) is 0 Å². The van der Waals surface area contributed by atoms with Crippen molar-refractivity contribution in [3.63, 3.8) is 0 Å². The largest absolute Gasteiger partial charge is 0.459 e. The van der Waals surface area contributed by atoms with Crippen molar-refractivity contribution in [1.29, 1.82) is 0 Å². The number of ether oxygens (including phenoxy) is 1. The van der Waals surface area contributed by atoms with E-state index in [0.717, 1.165) is 33.8 Å². The third-order valence-electron chi connectivity index (χ3n) is 3.17. The molecule has 3 nitrogen and oxygen atoms in total. The maximum atomic E-state index is 5.81. The van der Waals surface area contributed by atoms with Crippen molar-refractivity contribution in [3.8, 4) is 11.5 Å². The molecule has 0 spiro atoms. The van der Waals surface area contributed by atoms with Crippen LogP contribution >= 0.6 is 0 Å². The molecule has 96 valence electrons. The Bertz CT molecular complexity index is 701. The summed E-state index contributed by atoms with van der Waals surface area (Å²) in [5.41, 5.74) is 7.58. The van der Waals surface area contributed by atoms with Gasteiger partial charge in [0.25, 0.3) is 0 Å². The van der Waals surface area contributed by atoms with E-state index in [2.05, 4.69) is 0 Å². The van der Waals surface area contributed by atoms with Gasteiger partial charge in [0.15, 0.2) is 0 Å². The van der Waals surface area contributed by atoms with Gasteiger partial charge in [0.05, 0.1) is 6.54 Å². The fourth-order valence-corrected chi connectivity index (χ4v) is 2.13. The summed E-state index contributed by atoms with van der Waals surface area (Å²) < 4.78 is 11.5. The molecule has 0 aliphatic rings. The predicted molar refractivity (Wildman–Crippen MR) is 75.4 cm³/mol. The van der Waals surface area contributed by atoms with Crippen LogP contribution in [0.4, 0.5) is 0 Å². The minimum absolute atomic E-state index is 0.412. The Morgan fingerprint density at radius 3 is 2.58 bits per heavy atom. The summed E-state index contributed by atoms with van der Waals surface area (Å²) in [5, 5.41) is 1.05. The van der Waals surface area contributed by atoms with Gasteiger partial charge < -0.3 is 14.9 Å². The number of benzene rings is 2. The average molecular weight is 253 g/mol. The van der Waals surface area contributed by atoms with Gasteiger partial charge in [-0.25, -0.2) is 0 Å². The highest BCUT2D eigenvalue weighted by Gasteiger charge is 2.10. The molecule has 3 rings (SSSR count). The fourth-order valence-electron chi connectivity index (χ4n) is 2.13. The summed E-state index contributed by atoms with van der Waals surface area (Å²) >= 11 is 0. The lowest BCUT2D eigenvalue weighted by molar-refractivity contribution is 0.483. The number of hydrogen-bond donors (Lipinski definition) is 1. The van der Waals surface area contributed by atoms with E-state index in [4.69, 9.17) is 14.9 Å². The van der Waals surface area contributed by atoms with E-state index in [1.165, 1.54) is 0 Å². The molecule has 1 aromatic heterocycles. The van der Waals surface area contributed by atoms with Crippen LogP contribution in [-0.4, -0.2) is 0 Å². The summed E-state index contributed by atoms with van der Waals surface area (Å²) in [6.07, 6.45) is 0. The number of furan rings is 1. The Morgan fingerprint density at radius 1 is 1.05 bits per heavy atom.